The van der Waals surface area contributed by atoms with Crippen LogP contribution in [0.4, 0.5) is 5.69 Å². The third-order valence-electron chi connectivity index (χ3n) is 8.33. The lowest BCUT2D eigenvalue weighted by atomic mass is 9.87. The van der Waals surface area contributed by atoms with E-state index in [1.165, 1.54) is 44.5 Å². The third kappa shape index (κ3) is 5.10. The zero-order valence-electron chi connectivity index (χ0n) is 22.3. The number of hydrogen-bond donors (Lipinski definition) is 2. The molecule has 0 amide bonds. The second-order valence-corrected chi connectivity index (χ2v) is 10.8. The third-order valence-corrected chi connectivity index (χ3v) is 8.33. The molecule has 0 aliphatic heterocycles. The number of fused-ring (bicyclic) bond motifs is 1. The molecule has 5 heteroatoms. The number of benzene rings is 3. The minimum absolute atomic E-state index is 0.163. The van der Waals surface area contributed by atoms with Crippen LogP contribution in [0.1, 0.15) is 58.6 Å². The first-order valence-electron chi connectivity index (χ1n) is 13.2. The molecule has 5 rings (SSSR count). The Morgan fingerprint density at radius 2 is 1.81 bits per heavy atom. The fraction of sp³-hybridized carbons (Fsp3) is 0.406. The second kappa shape index (κ2) is 10.2. The molecule has 0 aromatic heterocycles. The van der Waals surface area contributed by atoms with Crippen molar-refractivity contribution in [1.82, 2.24) is 0 Å². The van der Waals surface area contributed by atoms with Gasteiger partial charge in [0.25, 0.3) is 0 Å². The summed E-state index contributed by atoms with van der Waals surface area (Å²) in [5.74, 6) is 0.345. The van der Waals surface area contributed by atoms with Crippen molar-refractivity contribution in [2.75, 3.05) is 25.6 Å². The first-order valence-corrected chi connectivity index (χ1v) is 13.2. The molecule has 1 saturated carbocycles. The molecule has 2 aliphatic rings. The van der Waals surface area contributed by atoms with Crippen molar-refractivity contribution in [2.45, 2.75) is 58.9 Å². The Balaban J connectivity index is 1.33. The molecule has 1 spiro atoms. The summed E-state index contributed by atoms with van der Waals surface area (Å²) in [4.78, 5) is 11.5. The minimum Gasteiger partial charge on any atom is -0.491 e. The highest BCUT2D eigenvalue weighted by atomic mass is 16.5. The highest BCUT2D eigenvalue weighted by Crippen LogP contribution is 2.64. The number of ether oxygens (including phenoxy) is 2. The van der Waals surface area contributed by atoms with Crippen molar-refractivity contribution in [3.05, 3.63) is 81.9 Å². The van der Waals surface area contributed by atoms with Crippen LogP contribution in [0.5, 0.6) is 5.75 Å². The first kappa shape index (κ1) is 25.3. The van der Waals surface area contributed by atoms with E-state index in [1.54, 1.807) is 7.11 Å². The molecule has 3 aromatic rings. The van der Waals surface area contributed by atoms with Gasteiger partial charge in [0.15, 0.2) is 0 Å². The van der Waals surface area contributed by atoms with E-state index in [0.29, 0.717) is 13.2 Å². The molecular formula is C32H37NO4. The summed E-state index contributed by atoms with van der Waals surface area (Å²) in [5.41, 5.74) is 11.3. The van der Waals surface area contributed by atoms with Crippen molar-refractivity contribution >= 4 is 11.7 Å². The molecule has 0 bridgehead atoms. The van der Waals surface area contributed by atoms with E-state index in [0.717, 1.165) is 37.2 Å². The zero-order valence-corrected chi connectivity index (χ0v) is 22.3. The van der Waals surface area contributed by atoms with E-state index < -0.39 is 5.97 Å². The smallest absolute Gasteiger partial charge is 0.303 e. The molecule has 0 radical (unpaired) electrons. The Morgan fingerprint density at radius 3 is 2.49 bits per heavy atom. The summed E-state index contributed by atoms with van der Waals surface area (Å²) in [5, 5.41) is 13.1. The molecule has 2 aliphatic carbocycles. The Labute approximate surface area is 219 Å². The van der Waals surface area contributed by atoms with E-state index in [9.17, 15) is 9.90 Å². The number of methoxy groups -OCH3 is 1. The number of aryl methyl sites for hydroxylation is 2. The summed E-state index contributed by atoms with van der Waals surface area (Å²) in [6, 6.07) is 17.3. The summed E-state index contributed by atoms with van der Waals surface area (Å²) in [6.07, 6.45) is 3.54. The fourth-order valence-corrected chi connectivity index (χ4v) is 6.25. The van der Waals surface area contributed by atoms with E-state index in [2.05, 4.69) is 74.6 Å². The molecule has 0 heterocycles. The van der Waals surface area contributed by atoms with Gasteiger partial charge in [-0.05, 0) is 114 Å². The largest absolute Gasteiger partial charge is 0.491 e. The summed E-state index contributed by atoms with van der Waals surface area (Å²) in [7, 11) is 1.68. The van der Waals surface area contributed by atoms with Gasteiger partial charge in [-0.25, -0.2) is 0 Å². The van der Waals surface area contributed by atoms with Gasteiger partial charge in [0, 0.05) is 25.3 Å². The Kier molecular flexibility index (Phi) is 7.00. The van der Waals surface area contributed by atoms with Gasteiger partial charge >= 0.3 is 5.97 Å². The fourth-order valence-electron chi connectivity index (χ4n) is 6.25. The molecule has 3 aromatic carbocycles. The number of nitrogens with one attached hydrogen (secondary N) is 1. The van der Waals surface area contributed by atoms with Gasteiger partial charge in [-0.1, -0.05) is 24.3 Å². The lowest BCUT2D eigenvalue weighted by Crippen LogP contribution is -2.13. The van der Waals surface area contributed by atoms with Crippen molar-refractivity contribution in [2.24, 2.45) is 5.41 Å². The second-order valence-electron chi connectivity index (χ2n) is 10.8. The summed E-state index contributed by atoms with van der Waals surface area (Å²) in [6.45, 7) is 8.33. The molecule has 194 valence electrons. The Bertz CT molecular complexity index is 1300. The molecule has 37 heavy (non-hydrogen) atoms. The lowest BCUT2D eigenvalue weighted by Gasteiger charge is -2.18. The number of hydrogen-bond acceptors (Lipinski definition) is 4. The minimum atomic E-state index is -0.694. The average Bonchev–Trinajstić information content (AvgIpc) is 3.56. The van der Waals surface area contributed by atoms with E-state index in [4.69, 9.17) is 9.47 Å². The van der Waals surface area contributed by atoms with Gasteiger partial charge in [-0.3, -0.25) is 4.79 Å². The maximum Gasteiger partial charge on any atom is 0.303 e. The first-order chi connectivity index (χ1) is 17.8. The molecule has 2 N–H and O–H groups in total. The molecule has 5 nitrogen and oxygen atoms in total. The van der Waals surface area contributed by atoms with Crippen molar-refractivity contribution in [3.63, 3.8) is 0 Å². The highest BCUT2D eigenvalue weighted by molar-refractivity contribution is 5.75. The number of aliphatic carboxylic acids is 1. The molecule has 0 unspecified atom stereocenters. The SMILES string of the molecule is COCCOc1cc(C)c(-c2cccc(CNc3ccc4c(c3)CC3(CC3)[C@H]4CC(=O)O)c2C)c(C)c1. The zero-order chi connectivity index (χ0) is 26.2. The molecular weight excluding hydrogens is 462 g/mol. The maximum absolute atomic E-state index is 11.5. The number of carboxylic acid groups (broad SMARTS) is 1. The van der Waals surface area contributed by atoms with Crippen LogP contribution in [0.25, 0.3) is 11.1 Å². The number of carbonyl (C=O) groups is 1. The molecule has 1 fully saturated rings. The van der Waals surface area contributed by atoms with Crippen LogP contribution in [0.2, 0.25) is 0 Å². The van der Waals surface area contributed by atoms with Crippen molar-refractivity contribution in [1.29, 1.82) is 0 Å². The number of carboxylic acids is 1. The van der Waals surface area contributed by atoms with E-state index in [-0.39, 0.29) is 17.8 Å². The van der Waals surface area contributed by atoms with Crippen LogP contribution < -0.4 is 10.1 Å². The Hall–Kier alpha value is -3.31. The predicted molar refractivity (Wildman–Crippen MR) is 148 cm³/mol. The van der Waals surface area contributed by atoms with Gasteiger partial charge in [0.05, 0.1) is 13.0 Å². The lowest BCUT2D eigenvalue weighted by molar-refractivity contribution is -0.137. The van der Waals surface area contributed by atoms with Crippen molar-refractivity contribution < 1.29 is 19.4 Å². The highest BCUT2D eigenvalue weighted by Gasteiger charge is 2.54. The van der Waals surface area contributed by atoms with Crippen LogP contribution in [0, 0.1) is 26.2 Å². The van der Waals surface area contributed by atoms with Crippen LogP contribution in [-0.4, -0.2) is 31.4 Å². The normalized spacial score (nSPS) is 17.0. The summed E-state index contributed by atoms with van der Waals surface area (Å²) >= 11 is 0. The molecule has 0 saturated heterocycles. The van der Waals surface area contributed by atoms with Crippen LogP contribution in [0.3, 0.4) is 0 Å². The maximum atomic E-state index is 11.5. The monoisotopic (exact) mass is 499 g/mol. The Morgan fingerprint density at radius 1 is 1.05 bits per heavy atom. The van der Waals surface area contributed by atoms with Gasteiger partial charge in [0.1, 0.15) is 12.4 Å². The van der Waals surface area contributed by atoms with Gasteiger partial charge in [-0.15, -0.1) is 0 Å². The van der Waals surface area contributed by atoms with Gasteiger partial charge in [0.2, 0.25) is 0 Å². The number of anilines is 1. The summed E-state index contributed by atoms with van der Waals surface area (Å²) < 4.78 is 11.0. The average molecular weight is 500 g/mol. The quantitative estimate of drug-likeness (QED) is 0.300. The van der Waals surface area contributed by atoms with Crippen LogP contribution in [-0.2, 0) is 22.5 Å². The van der Waals surface area contributed by atoms with Crippen LogP contribution in [0.15, 0.2) is 48.5 Å². The van der Waals surface area contributed by atoms with Crippen molar-refractivity contribution in [3.8, 4) is 16.9 Å². The van der Waals surface area contributed by atoms with Crippen LogP contribution >= 0.6 is 0 Å². The standard InChI is InChI=1S/C32H37NO4/c1-20-14-26(37-13-12-36-4)15-21(2)31(20)27-7-5-6-23(22(27)3)19-33-25-8-9-28-24(16-25)18-32(10-11-32)29(28)17-30(34)35/h5-9,14-16,29,33H,10-13,17-19H2,1-4H3,(H,34,35)/t29-/m0/s1. The van der Waals surface area contributed by atoms with E-state index in [1.807, 2.05) is 0 Å². The van der Waals surface area contributed by atoms with E-state index >= 15 is 0 Å². The van der Waals surface area contributed by atoms with Gasteiger partial charge in [-0.2, -0.15) is 0 Å². The predicted octanol–water partition coefficient (Wildman–Crippen LogP) is 6.81. The molecule has 1 atom stereocenters. The topological polar surface area (TPSA) is 67.8 Å². The number of rotatable bonds is 10. The van der Waals surface area contributed by atoms with Gasteiger partial charge < -0.3 is 19.9 Å².